The number of carboxylic acids is 1. The average molecular weight is 288 g/mol. The van der Waals surface area contributed by atoms with Crippen molar-refractivity contribution in [3.8, 4) is 22.6 Å². The first-order valence-corrected chi connectivity index (χ1v) is 6.58. The van der Waals surface area contributed by atoms with Gasteiger partial charge in [0.05, 0.1) is 18.8 Å². The molecule has 0 fully saturated rings. The highest BCUT2D eigenvalue weighted by molar-refractivity contribution is 5.88. The van der Waals surface area contributed by atoms with Crippen LogP contribution in [0.4, 0.5) is 4.39 Å². The van der Waals surface area contributed by atoms with E-state index < -0.39 is 11.8 Å². The minimum Gasteiger partial charge on any atom is -0.490 e. The number of rotatable bonds is 2. The predicted octanol–water partition coefficient (Wildman–Crippen LogP) is 3.35. The van der Waals surface area contributed by atoms with Crippen LogP contribution in [0.3, 0.4) is 0 Å². The van der Waals surface area contributed by atoms with Crippen molar-refractivity contribution in [3.05, 3.63) is 47.8 Å². The monoisotopic (exact) mass is 288 g/mol. The zero-order valence-electron chi connectivity index (χ0n) is 11.1. The Labute approximate surface area is 120 Å². The normalized spacial score (nSPS) is 13.6. The lowest BCUT2D eigenvalue weighted by Crippen LogP contribution is -1.98. The van der Waals surface area contributed by atoms with Crippen LogP contribution >= 0.6 is 0 Å². The van der Waals surface area contributed by atoms with Gasteiger partial charge in [-0.1, -0.05) is 12.1 Å². The van der Waals surface area contributed by atoms with Crippen molar-refractivity contribution in [2.75, 3.05) is 13.2 Å². The van der Waals surface area contributed by atoms with E-state index in [-0.39, 0.29) is 5.56 Å². The summed E-state index contributed by atoms with van der Waals surface area (Å²) in [6.45, 7) is 1.14. The molecule has 1 heterocycles. The molecule has 0 unspecified atom stereocenters. The maximum absolute atomic E-state index is 14.1. The topological polar surface area (TPSA) is 55.8 Å². The Morgan fingerprint density at radius 1 is 1.05 bits per heavy atom. The highest BCUT2D eigenvalue weighted by atomic mass is 19.1. The SMILES string of the molecule is O=C(O)c1ccc(-c2ccc3c(c2)OCCCO3)c(F)c1. The molecule has 5 heteroatoms. The van der Waals surface area contributed by atoms with Gasteiger partial charge in [0, 0.05) is 12.0 Å². The minimum atomic E-state index is -1.15. The quantitative estimate of drug-likeness (QED) is 0.920. The molecule has 1 aliphatic heterocycles. The number of ether oxygens (including phenoxy) is 2. The second kappa shape index (κ2) is 5.44. The molecule has 0 amide bonds. The Morgan fingerprint density at radius 3 is 2.52 bits per heavy atom. The van der Waals surface area contributed by atoms with Crippen molar-refractivity contribution < 1.29 is 23.8 Å². The van der Waals surface area contributed by atoms with Crippen molar-refractivity contribution in [1.82, 2.24) is 0 Å². The van der Waals surface area contributed by atoms with Crippen LogP contribution in [0.5, 0.6) is 11.5 Å². The average Bonchev–Trinajstić information content (AvgIpc) is 2.71. The Balaban J connectivity index is 2.01. The van der Waals surface area contributed by atoms with Gasteiger partial charge in [-0.2, -0.15) is 0 Å². The molecule has 0 saturated heterocycles. The number of benzene rings is 2. The zero-order valence-corrected chi connectivity index (χ0v) is 11.1. The van der Waals surface area contributed by atoms with Gasteiger partial charge in [0.1, 0.15) is 5.82 Å². The van der Waals surface area contributed by atoms with Crippen LogP contribution in [0.25, 0.3) is 11.1 Å². The Morgan fingerprint density at radius 2 is 1.81 bits per heavy atom. The van der Waals surface area contributed by atoms with E-state index in [1.54, 1.807) is 18.2 Å². The highest BCUT2D eigenvalue weighted by Crippen LogP contribution is 2.35. The summed E-state index contributed by atoms with van der Waals surface area (Å²) in [4.78, 5) is 10.8. The van der Waals surface area contributed by atoms with Crippen molar-refractivity contribution in [2.24, 2.45) is 0 Å². The predicted molar refractivity (Wildman–Crippen MR) is 74.4 cm³/mol. The third-order valence-corrected chi connectivity index (χ3v) is 3.27. The second-order valence-corrected chi connectivity index (χ2v) is 4.71. The molecule has 0 aliphatic carbocycles. The van der Waals surface area contributed by atoms with Gasteiger partial charge in [-0.3, -0.25) is 0 Å². The van der Waals surface area contributed by atoms with Crippen LogP contribution in [-0.4, -0.2) is 24.3 Å². The molecule has 0 atom stereocenters. The first kappa shape index (κ1) is 13.4. The fourth-order valence-electron chi connectivity index (χ4n) is 2.21. The molecular weight excluding hydrogens is 275 g/mol. The molecule has 0 saturated carbocycles. The highest BCUT2D eigenvalue weighted by Gasteiger charge is 2.14. The molecule has 1 N–H and O–H groups in total. The van der Waals surface area contributed by atoms with Gasteiger partial charge < -0.3 is 14.6 Å². The summed E-state index contributed by atoms with van der Waals surface area (Å²) in [7, 11) is 0. The van der Waals surface area contributed by atoms with Gasteiger partial charge in [-0.25, -0.2) is 9.18 Å². The van der Waals surface area contributed by atoms with Gasteiger partial charge in [0.25, 0.3) is 0 Å². The fraction of sp³-hybridized carbons (Fsp3) is 0.188. The first-order chi connectivity index (χ1) is 10.1. The summed E-state index contributed by atoms with van der Waals surface area (Å²) in [6, 6.07) is 9.02. The van der Waals surface area contributed by atoms with E-state index in [0.717, 1.165) is 12.5 Å². The molecule has 2 aromatic rings. The number of carboxylic acid groups (broad SMARTS) is 1. The molecule has 2 aromatic carbocycles. The zero-order chi connectivity index (χ0) is 14.8. The van der Waals surface area contributed by atoms with Crippen LogP contribution in [0.15, 0.2) is 36.4 Å². The van der Waals surface area contributed by atoms with Gasteiger partial charge in [-0.15, -0.1) is 0 Å². The Hall–Kier alpha value is -2.56. The Bertz CT molecular complexity index is 697. The molecule has 4 nitrogen and oxygen atoms in total. The lowest BCUT2D eigenvalue weighted by Gasteiger charge is -2.10. The molecule has 0 aromatic heterocycles. The maximum Gasteiger partial charge on any atom is 0.335 e. The van der Waals surface area contributed by atoms with Gasteiger partial charge in [0.15, 0.2) is 11.5 Å². The van der Waals surface area contributed by atoms with E-state index in [0.29, 0.717) is 35.8 Å². The molecule has 3 rings (SSSR count). The van der Waals surface area contributed by atoms with Crippen LogP contribution in [0, 0.1) is 5.82 Å². The van der Waals surface area contributed by atoms with E-state index in [9.17, 15) is 9.18 Å². The number of carbonyl (C=O) groups is 1. The molecule has 108 valence electrons. The summed E-state index contributed by atoms with van der Waals surface area (Å²) in [5.41, 5.74) is 0.870. The van der Waals surface area contributed by atoms with E-state index in [1.165, 1.54) is 12.1 Å². The summed E-state index contributed by atoms with van der Waals surface area (Å²) >= 11 is 0. The lowest BCUT2D eigenvalue weighted by atomic mass is 10.0. The molecule has 0 radical (unpaired) electrons. The molecule has 21 heavy (non-hydrogen) atoms. The molecular formula is C16H13FO4. The van der Waals surface area contributed by atoms with E-state index in [4.69, 9.17) is 14.6 Å². The van der Waals surface area contributed by atoms with Crippen molar-refractivity contribution in [3.63, 3.8) is 0 Å². The van der Waals surface area contributed by atoms with Gasteiger partial charge >= 0.3 is 5.97 Å². The second-order valence-electron chi connectivity index (χ2n) is 4.71. The number of halogens is 1. The first-order valence-electron chi connectivity index (χ1n) is 6.58. The van der Waals surface area contributed by atoms with Gasteiger partial charge in [0.2, 0.25) is 0 Å². The molecule has 1 aliphatic rings. The number of fused-ring (bicyclic) bond motifs is 1. The van der Waals surface area contributed by atoms with Crippen molar-refractivity contribution in [1.29, 1.82) is 0 Å². The third kappa shape index (κ3) is 2.67. The van der Waals surface area contributed by atoms with Crippen LogP contribution in [0.2, 0.25) is 0 Å². The van der Waals surface area contributed by atoms with Crippen LogP contribution in [0.1, 0.15) is 16.8 Å². The number of hydrogen-bond donors (Lipinski definition) is 1. The van der Waals surface area contributed by atoms with E-state index >= 15 is 0 Å². The van der Waals surface area contributed by atoms with E-state index in [1.807, 2.05) is 0 Å². The Kier molecular flexibility index (Phi) is 3.48. The largest absolute Gasteiger partial charge is 0.490 e. The number of hydrogen-bond acceptors (Lipinski definition) is 3. The fourth-order valence-corrected chi connectivity index (χ4v) is 2.21. The molecule has 0 spiro atoms. The molecule has 0 bridgehead atoms. The standard InChI is InChI=1S/C16H13FO4/c17-13-8-11(16(18)19)2-4-12(13)10-3-5-14-15(9-10)21-7-1-6-20-14/h2-5,8-9H,1,6-7H2,(H,18,19). The van der Waals surface area contributed by atoms with Crippen LogP contribution in [-0.2, 0) is 0 Å². The third-order valence-electron chi connectivity index (χ3n) is 3.27. The summed E-state index contributed by atoms with van der Waals surface area (Å²) in [6.07, 6.45) is 0.797. The number of aromatic carboxylic acids is 1. The summed E-state index contributed by atoms with van der Waals surface area (Å²) in [5.74, 6) is -0.519. The van der Waals surface area contributed by atoms with Crippen LogP contribution < -0.4 is 9.47 Å². The summed E-state index contributed by atoms with van der Waals surface area (Å²) in [5, 5.41) is 8.86. The van der Waals surface area contributed by atoms with Gasteiger partial charge in [-0.05, 0) is 29.8 Å². The van der Waals surface area contributed by atoms with E-state index in [2.05, 4.69) is 0 Å². The van der Waals surface area contributed by atoms with Crippen molar-refractivity contribution >= 4 is 5.97 Å². The van der Waals surface area contributed by atoms with Crippen molar-refractivity contribution in [2.45, 2.75) is 6.42 Å². The lowest BCUT2D eigenvalue weighted by molar-refractivity contribution is 0.0696. The smallest absolute Gasteiger partial charge is 0.335 e. The minimum absolute atomic E-state index is 0.0782. The summed E-state index contributed by atoms with van der Waals surface area (Å²) < 4.78 is 25.2. The maximum atomic E-state index is 14.1.